The topological polar surface area (TPSA) is 81.4 Å². The van der Waals surface area contributed by atoms with Crippen molar-refractivity contribution in [1.29, 1.82) is 0 Å². The van der Waals surface area contributed by atoms with E-state index in [1.807, 2.05) is 0 Å². The Bertz CT molecular complexity index is 436. The zero-order chi connectivity index (χ0) is 10.7. The summed E-state index contributed by atoms with van der Waals surface area (Å²) in [6.07, 6.45) is 1.77. The van der Waals surface area contributed by atoms with Crippen molar-refractivity contribution in [3.05, 3.63) is 11.3 Å². The number of amides is 1. The van der Waals surface area contributed by atoms with Gasteiger partial charge in [-0.25, -0.2) is 4.79 Å². The van der Waals surface area contributed by atoms with Crippen LogP contribution in [0.5, 0.6) is 0 Å². The molecule has 2 rings (SSSR count). The average molecular weight is 227 g/mol. The van der Waals surface area contributed by atoms with E-state index in [1.54, 1.807) is 10.8 Å². The van der Waals surface area contributed by atoms with E-state index < -0.39 is 6.09 Å². The molecule has 0 aliphatic heterocycles. The number of alkyl carbamates (subject to hydrolysis) is 1. The second kappa shape index (κ2) is 4.22. The molecule has 7 nitrogen and oxygen atoms in total. The zero-order valence-electron chi connectivity index (χ0n) is 8.01. The summed E-state index contributed by atoms with van der Waals surface area (Å²) in [5.41, 5.74) is 0. The fourth-order valence-electron chi connectivity index (χ4n) is 1.05. The molecule has 80 valence electrons. The maximum Gasteiger partial charge on any atom is 0.406 e. The molecule has 0 saturated carbocycles. The Hall–Kier alpha value is -1.70. The van der Waals surface area contributed by atoms with Crippen LogP contribution in [0.2, 0.25) is 0 Å². The normalized spacial score (nSPS) is 10.5. The summed E-state index contributed by atoms with van der Waals surface area (Å²) in [5, 5.41) is 15.2. The van der Waals surface area contributed by atoms with Gasteiger partial charge in [0.1, 0.15) is 11.3 Å². The Balaban J connectivity index is 1.90. The van der Waals surface area contributed by atoms with Crippen LogP contribution < -0.4 is 5.32 Å². The molecule has 0 fully saturated rings. The van der Waals surface area contributed by atoms with Gasteiger partial charge in [0, 0.05) is 13.0 Å². The molecule has 0 atom stereocenters. The summed E-state index contributed by atoms with van der Waals surface area (Å²) in [4.78, 5) is 11.5. The largest absolute Gasteiger partial charge is 0.453 e. The van der Waals surface area contributed by atoms with Crippen LogP contribution in [-0.4, -0.2) is 39.6 Å². The highest BCUT2D eigenvalue weighted by Gasteiger charge is 2.05. The number of methoxy groups -OCH3 is 1. The fourth-order valence-corrected chi connectivity index (χ4v) is 1.86. The van der Waals surface area contributed by atoms with Gasteiger partial charge in [0.05, 0.1) is 7.11 Å². The quantitative estimate of drug-likeness (QED) is 0.803. The van der Waals surface area contributed by atoms with Gasteiger partial charge in [-0.05, 0) is 0 Å². The third kappa shape index (κ3) is 2.21. The first-order valence-electron chi connectivity index (χ1n) is 4.27. The van der Waals surface area contributed by atoms with E-state index in [0.717, 1.165) is 9.97 Å². The molecule has 0 aromatic carbocycles. The predicted molar refractivity (Wildman–Crippen MR) is 52.8 cm³/mol. The Morgan fingerprint density at radius 3 is 3.33 bits per heavy atom. The minimum Gasteiger partial charge on any atom is -0.453 e. The highest BCUT2D eigenvalue weighted by molar-refractivity contribution is 7.16. The maximum atomic E-state index is 10.7. The van der Waals surface area contributed by atoms with Gasteiger partial charge >= 0.3 is 6.09 Å². The minimum atomic E-state index is -0.432. The van der Waals surface area contributed by atoms with Crippen LogP contribution in [-0.2, 0) is 11.2 Å². The standard InChI is InChI=1S/C7H9N5O2S/c1-14-7(13)8-3-2-5-11-12-4-9-10-6(12)15-5/h4H,2-3H2,1H3,(H,8,13). The number of nitrogens with zero attached hydrogens (tertiary/aromatic N) is 4. The molecule has 0 spiro atoms. The SMILES string of the molecule is COC(=O)NCCc1nn2cnnc2s1. The zero-order valence-corrected chi connectivity index (χ0v) is 8.82. The number of carbonyl (C=O) groups is 1. The molecule has 2 aromatic rings. The average Bonchev–Trinajstić information content (AvgIpc) is 2.77. The van der Waals surface area contributed by atoms with Crippen molar-refractivity contribution >= 4 is 22.4 Å². The Labute approximate surface area is 89.1 Å². The van der Waals surface area contributed by atoms with Gasteiger partial charge in [-0.15, -0.1) is 10.2 Å². The molecular weight excluding hydrogens is 218 g/mol. The number of nitrogens with one attached hydrogen (secondary N) is 1. The molecule has 1 amide bonds. The fraction of sp³-hybridized carbons (Fsp3) is 0.429. The Morgan fingerprint density at radius 1 is 1.73 bits per heavy atom. The predicted octanol–water partition coefficient (Wildman–Crippen LogP) is 0.0843. The van der Waals surface area contributed by atoms with Crippen molar-refractivity contribution in [2.24, 2.45) is 0 Å². The van der Waals surface area contributed by atoms with Crippen molar-refractivity contribution in [3.8, 4) is 0 Å². The van der Waals surface area contributed by atoms with Crippen LogP contribution in [0.25, 0.3) is 4.96 Å². The van der Waals surface area contributed by atoms with Gasteiger partial charge < -0.3 is 10.1 Å². The van der Waals surface area contributed by atoms with E-state index in [4.69, 9.17) is 0 Å². The van der Waals surface area contributed by atoms with Gasteiger partial charge in [-0.3, -0.25) is 0 Å². The van der Waals surface area contributed by atoms with E-state index in [9.17, 15) is 4.79 Å². The third-order valence-electron chi connectivity index (χ3n) is 1.72. The summed E-state index contributed by atoms with van der Waals surface area (Å²) in [5.74, 6) is 0. The molecule has 15 heavy (non-hydrogen) atoms. The number of ether oxygens (including phenoxy) is 1. The molecule has 8 heteroatoms. The molecule has 1 N–H and O–H groups in total. The lowest BCUT2D eigenvalue weighted by Gasteiger charge is -2.00. The second-order valence-corrected chi connectivity index (χ2v) is 3.76. The highest BCUT2D eigenvalue weighted by Crippen LogP contribution is 2.11. The first-order valence-corrected chi connectivity index (χ1v) is 5.09. The van der Waals surface area contributed by atoms with Crippen molar-refractivity contribution in [3.63, 3.8) is 0 Å². The van der Waals surface area contributed by atoms with Crippen LogP contribution in [0.4, 0.5) is 4.79 Å². The molecule has 0 saturated heterocycles. The lowest BCUT2D eigenvalue weighted by molar-refractivity contribution is 0.171. The molecule has 0 radical (unpaired) electrons. The van der Waals surface area contributed by atoms with E-state index in [2.05, 4.69) is 25.3 Å². The molecule has 0 aliphatic carbocycles. The van der Waals surface area contributed by atoms with Gasteiger partial charge in [-0.2, -0.15) is 9.61 Å². The summed E-state index contributed by atoms with van der Waals surface area (Å²) in [6.45, 7) is 0.497. The number of aromatic nitrogens is 4. The molecule has 0 bridgehead atoms. The van der Waals surface area contributed by atoms with Crippen molar-refractivity contribution < 1.29 is 9.53 Å². The van der Waals surface area contributed by atoms with E-state index in [0.29, 0.717) is 13.0 Å². The first kappa shape index (κ1) is 9.84. The number of rotatable bonds is 3. The molecule has 0 aliphatic rings. The minimum absolute atomic E-state index is 0.432. The second-order valence-electron chi connectivity index (χ2n) is 2.72. The lowest BCUT2D eigenvalue weighted by atomic mass is 10.4. The Morgan fingerprint density at radius 2 is 2.60 bits per heavy atom. The van der Waals surface area contributed by atoms with Crippen LogP contribution in [0, 0.1) is 0 Å². The molecule has 2 heterocycles. The number of hydrogen-bond donors (Lipinski definition) is 1. The summed E-state index contributed by atoms with van der Waals surface area (Å²) in [7, 11) is 1.33. The smallest absolute Gasteiger partial charge is 0.406 e. The van der Waals surface area contributed by atoms with Crippen molar-refractivity contribution in [2.75, 3.05) is 13.7 Å². The van der Waals surface area contributed by atoms with Gasteiger partial charge in [0.15, 0.2) is 0 Å². The molecular formula is C7H9N5O2S. The van der Waals surface area contributed by atoms with Crippen molar-refractivity contribution in [1.82, 2.24) is 25.1 Å². The van der Waals surface area contributed by atoms with Gasteiger partial charge in [-0.1, -0.05) is 11.3 Å². The molecule has 0 unspecified atom stereocenters. The van der Waals surface area contributed by atoms with Crippen LogP contribution >= 0.6 is 11.3 Å². The first-order chi connectivity index (χ1) is 7.29. The van der Waals surface area contributed by atoms with E-state index in [-0.39, 0.29) is 0 Å². The van der Waals surface area contributed by atoms with Crippen molar-refractivity contribution in [2.45, 2.75) is 6.42 Å². The summed E-state index contributed by atoms with van der Waals surface area (Å²) in [6, 6.07) is 0. The number of fused-ring (bicyclic) bond motifs is 1. The van der Waals surface area contributed by atoms with E-state index in [1.165, 1.54) is 18.4 Å². The number of hydrogen-bond acceptors (Lipinski definition) is 6. The monoisotopic (exact) mass is 227 g/mol. The van der Waals surface area contributed by atoms with E-state index >= 15 is 0 Å². The van der Waals surface area contributed by atoms with Crippen LogP contribution in [0.3, 0.4) is 0 Å². The highest BCUT2D eigenvalue weighted by atomic mass is 32.1. The maximum absolute atomic E-state index is 10.7. The van der Waals surface area contributed by atoms with Gasteiger partial charge in [0.25, 0.3) is 0 Å². The van der Waals surface area contributed by atoms with Gasteiger partial charge in [0.2, 0.25) is 4.96 Å². The number of carbonyl (C=O) groups excluding carboxylic acids is 1. The third-order valence-corrected chi connectivity index (χ3v) is 2.69. The lowest BCUT2D eigenvalue weighted by Crippen LogP contribution is -2.25. The summed E-state index contributed by atoms with van der Waals surface area (Å²) >= 11 is 1.45. The Kier molecular flexibility index (Phi) is 2.77. The summed E-state index contributed by atoms with van der Waals surface area (Å²) < 4.78 is 6.05. The molecule has 2 aromatic heterocycles. The van der Waals surface area contributed by atoms with Crippen LogP contribution in [0.1, 0.15) is 5.01 Å². The van der Waals surface area contributed by atoms with Crippen LogP contribution in [0.15, 0.2) is 6.33 Å².